The standard InChI is InChI=1S/C15H29OTe/c1-5-6-9-17(4)11-15-8-7-12(10-13(15)16)14(15,2)3/h12-13,16H,5-11H2,1-4H3/q+1. The zero-order valence-corrected chi connectivity index (χ0v) is 14.3. The summed E-state index contributed by atoms with van der Waals surface area (Å²) in [6, 6.07) is 0. The van der Waals surface area contributed by atoms with Crippen LogP contribution >= 0.6 is 0 Å². The summed E-state index contributed by atoms with van der Waals surface area (Å²) >= 11 is -0.923. The van der Waals surface area contributed by atoms with Crippen molar-refractivity contribution in [2.45, 2.75) is 72.9 Å². The van der Waals surface area contributed by atoms with E-state index < -0.39 is 19.6 Å². The van der Waals surface area contributed by atoms with Crippen LogP contribution in [0.1, 0.15) is 52.9 Å². The Morgan fingerprint density at radius 1 is 1.35 bits per heavy atom. The van der Waals surface area contributed by atoms with Crippen LogP contribution in [-0.4, -0.2) is 30.8 Å². The Labute approximate surface area is 114 Å². The summed E-state index contributed by atoms with van der Waals surface area (Å²) in [5.74, 6) is 0.801. The quantitative estimate of drug-likeness (QED) is 0.738. The molecule has 2 rings (SSSR count). The van der Waals surface area contributed by atoms with Gasteiger partial charge in [0.05, 0.1) is 0 Å². The molecule has 3 atom stereocenters. The second kappa shape index (κ2) is 5.03. The molecule has 0 heterocycles. The molecule has 0 radical (unpaired) electrons. The molecular weight excluding hydrogens is 324 g/mol. The fourth-order valence-electron chi connectivity index (χ4n) is 4.28. The van der Waals surface area contributed by atoms with Crippen molar-refractivity contribution in [3.05, 3.63) is 0 Å². The Balaban J connectivity index is 2.06. The van der Waals surface area contributed by atoms with Gasteiger partial charge in [-0.1, -0.05) is 0 Å². The first kappa shape index (κ1) is 14.2. The zero-order valence-electron chi connectivity index (χ0n) is 12.0. The van der Waals surface area contributed by atoms with Crippen LogP contribution in [0.3, 0.4) is 0 Å². The van der Waals surface area contributed by atoms with Crippen LogP contribution in [0.5, 0.6) is 0 Å². The van der Waals surface area contributed by atoms with Crippen molar-refractivity contribution in [3.63, 3.8) is 0 Å². The van der Waals surface area contributed by atoms with E-state index in [1.165, 1.54) is 34.6 Å². The van der Waals surface area contributed by atoms with Crippen molar-refractivity contribution in [2.24, 2.45) is 16.7 Å². The molecule has 2 bridgehead atoms. The summed E-state index contributed by atoms with van der Waals surface area (Å²) in [6.45, 7) is 7.17. The fourth-order valence-corrected chi connectivity index (χ4v) is 11.5. The Hall–Kier alpha value is 0.750. The second-order valence-electron chi connectivity index (χ2n) is 6.85. The molecule has 0 saturated heterocycles. The van der Waals surface area contributed by atoms with Gasteiger partial charge in [0.1, 0.15) is 0 Å². The van der Waals surface area contributed by atoms with Gasteiger partial charge in [0.2, 0.25) is 0 Å². The van der Waals surface area contributed by atoms with E-state index in [9.17, 15) is 5.11 Å². The predicted octanol–water partition coefficient (Wildman–Crippen LogP) is 4.10. The molecule has 2 heteroatoms. The SMILES string of the molecule is CCCC[Te+](C)CC12CCC(CC1O)C2(C)C. The van der Waals surface area contributed by atoms with Crippen LogP contribution < -0.4 is 0 Å². The van der Waals surface area contributed by atoms with E-state index in [2.05, 4.69) is 25.7 Å². The number of fused-ring (bicyclic) bond motifs is 2. The third-order valence-electron chi connectivity index (χ3n) is 5.74. The molecule has 0 aromatic rings. The third-order valence-corrected chi connectivity index (χ3v) is 11.4. The van der Waals surface area contributed by atoms with Crippen LogP contribution in [0.2, 0.25) is 13.9 Å². The van der Waals surface area contributed by atoms with Crippen molar-refractivity contribution in [3.8, 4) is 0 Å². The fraction of sp³-hybridized carbons (Fsp3) is 1.00. The van der Waals surface area contributed by atoms with E-state index in [1.807, 2.05) is 0 Å². The van der Waals surface area contributed by atoms with E-state index in [0.29, 0.717) is 10.8 Å². The van der Waals surface area contributed by atoms with E-state index in [4.69, 9.17) is 0 Å². The topological polar surface area (TPSA) is 20.2 Å². The Kier molecular flexibility index (Phi) is 4.19. The molecular formula is C15H29OTe+. The Morgan fingerprint density at radius 2 is 2.06 bits per heavy atom. The van der Waals surface area contributed by atoms with E-state index in [0.717, 1.165) is 12.3 Å². The molecule has 2 aliphatic carbocycles. The van der Waals surface area contributed by atoms with Gasteiger partial charge in [0.25, 0.3) is 0 Å². The molecule has 0 aliphatic heterocycles. The van der Waals surface area contributed by atoms with Gasteiger partial charge in [-0.05, 0) is 0 Å². The summed E-state index contributed by atoms with van der Waals surface area (Å²) in [7, 11) is 0. The molecule has 0 amide bonds. The molecule has 0 aromatic carbocycles. The van der Waals surface area contributed by atoms with Gasteiger partial charge in [-0.15, -0.1) is 0 Å². The summed E-state index contributed by atoms with van der Waals surface area (Å²) in [5.41, 5.74) is 0.727. The van der Waals surface area contributed by atoms with Crippen molar-refractivity contribution in [2.75, 3.05) is 0 Å². The first-order valence-corrected chi connectivity index (χ1v) is 12.8. The number of unbranched alkanes of at least 4 members (excludes halogenated alkanes) is 1. The molecule has 2 fully saturated rings. The monoisotopic (exact) mass is 355 g/mol. The van der Waals surface area contributed by atoms with Gasteiger partial charge >= 0.3 is 114 Å². The number of hydrogen-bond acceptors (Lipinski definition) is 1. The molecule has 17 heavy (non-hydrogen) atoms. The maximum atomic E-state index is 10.5. The molecule has 2 aliphatic rings. The number of rotatable bonds is 5. The number of hydrogen-bond donors (Lipinski definition) is 1. The number of aliphatic hydroxyl groups excluding tert-OH is 1. The summed E-state index contributed by atoms with van der Waals surface area (Å²) in [6.07, 6.45) is 6.55. The summed E-state index contributed by atoms with van der Waals surface area (Å²) in [5, 5.41) is 10.5. The molecule has 1 nitrogen and oxygen atoms in total. The average Bonchev–Trinajstić information content (AvgIpc) is 2.60. The van der Waals surface area contributed by atoms with Crippen molar-refractivity contribution < 1.29 is 5.11 Å². The molecule has 0 spiro atoms. The normalized spacial score (nSPS) is 39.2. The van der Waals surface area contributed by atoms with Crippen molar-refractivity contribution in [1.29, 1.82) is 0 Å². The molecule has 1 N–H and O–H groups in total. The van der Waals surface area contributed by atoms with E-state index in [1.54, 1.807) is 0 Å². The Morgan fingerprint density at radius 3 is 2.53 bits per heavy atom. The zero-order chi connectivity index (χ0) is 12.7. The first-order chi connectivity index (χ1) is 7.94. The van der Waals surface area contributed by atoms with Crippen LogP contribution in [0.4, 0.5) is 0 Å². The van der Waals surface area contributed by atoms with Crippen LogP contribution in [0.15, 0.2) is 0 Å². The molecule has 3 unspecified atom stereocenters. The maximum absolute atomic E-state index is 10.5. The predicted molar refractivity (Wildman–Crippen MR) is 75.7 cm³/mol. The minimum absolute atomic E-state index is 0.0150. The van der Waals surface area contributed by atoms with E-state index >= 15 is 0 Å². The second-order valence-corrected chi connectivity index (χ2v) is 13.3. The molecule has 2 saturated carbocycles. The minimum atomic E-state index is -0.923. The molecule has 100 valence electrons. The van der Waals surface area contributed by atoms with Crippen LogP contribution in [0.25, 0.3) is 0 Å². The Bertz CT molecular complexity index is 276. The van der Waals surface area contributed by atoms with E-state index in [-0.39, 0.29) is 6.10 Å². The van der Waals surface area contributed by atoms with Crippen LogP contribution in [0, 0.1) is 16.7 Å². The number of aliphatic hydroxyl groups is 1. The third kappa shape index (κ3) is 2.19. The summed E-state index contributed by atoms with van der Waals surface area (Å²) < 4.78 is 2.93. The van der Waals surface area contributed by atoms with Gasteiger partial charge in [-0.2, -0.15) is 0 Å². The van der Waals surface area contributed by atoms with Gasteiger partial charge in [-0.3, -0.25) is 0 Å². The van der Waals surface area contributed by atoms with Crippen molar-refractivity contribution >= 4 is 19.6 Å². The first-order valence-electron chi connectivity index (χ1n) is 7.21. The summed E-state index contributed by atoms with van der Waals surface area (Å²) in [4.78, 5) is 2.56. The van der Waals surface area contributed by atoms with Crippen molar-refractivity contribution in [1.82, 2.24) is 0 Å². The van der Waals surface area contributed by atoms with Gasteiger partial charge in [0.15, 0.2) is 0 Å². The van der Waals surface area contributed by atoms with Gasteiger partial charge < -0.3 is 0 Å². The van der Waals surface area contributed by atoms with Crippen LogP contribution in [-0.2, 0) is 0 Å². The van der Waals surface area contributed by atoms with Gasteiger partial charge in [-0.25, -0.2) is 0 Å². The average molecular weight is 353 g/mol. The van der Waals surface area contributed by atoms with Gasteiger partial charge in [0, 0.05) is 0 Å². The molecule has 0 aromatic heterocycles.